The minimum atomic E-state index is -0.716. The van der Waals surface area contributed by atoms with Crippen LogP contribution in [-0.4, -0.2) is 6.04 Å². The summed E-state index contributed by atoms with van der Waals surface area (Å²) in [6, 6.07) is 59.7. The topological polar surface area (TPSA) is 6.48 Å². The first kappa shape index (κ1) is 43.5. The largest absolute Gasteiger partial charge is 0.334 e. The van der Waals surface area contributed by atoms with Crippen LogP contribution in [0.4, 0.5) is 17.1 Å². The molecule has 2 heteroatoms. The quantitative estimate of drug-likeness (QED) is 0.0707. The van der Waals surface area contributed by atoms with Crippen LogP contribution in [0.25, 0.3) is 34.1 Å². The first-order chi connectivity index (χ1) is 31.3. The second kappa shape index (κ2) is 19.1. The molecule has 7 aromatic rings. The predicted molar refractivity (Wildman–Crippen MR) is 278 cm³/mol. The van der Waals surface area contributed by atoms with Crippen LogP contribution < -0.4 is 9.80 Å². The molecule has 0 N–H and O–H groups in total. The Hall–Kier alpha value is -7.16. The molecule has 0 saturated carbocycles. The Morgan fingerprint density at radius 1 is 0.656 bits per heavy atom. The van der Waals surface area contributed by atoms with Crippen LogP contribution in [0, 0.1) is 11.8 Å². The SMILES string of the molecule is C=C/C(=C\C(C)CC)N(c1ccc2c(c1)C(c1ccccc1)(c1ccccc1)c1c(C=C)c(/C=C(\C)N(c3ccccc3)c3ccccc3)c3ccccc3c1-2)[C@@H](/C=C\C)C(C)C=C. The highest BCUT2D eigenvalue weighted by Crippen LogP contribution is 2.61. The Bertz CT molecular complexity index is 2790. The number of benzene rings is 7. The van der Waals surface area contributed by atoms with Gasteiger partial charge in [0.1, 0.15) is 0 Å². The van der Waals surface area contributed by atoms with E-state index in [2.05, 4.69) is 264 Å². The van der Waals surface area contributed by atoms with Gasteiger partial charge in [-0.15, -0.1) is 6.58 Å². The molecule has 0 radical (unpaired) electrons. The van der Waals surface area contributed by atoms with Gasteiger partial charge in [0.25, 0.3) is 0 Å². The Labute approximate surface area is 382 Å². The molecule has 8 rings (SSSR count). The first-order valence-electron chi connectivity index (χ1n) is 22.8. The van der Waals surface area contributed by atoms with Gasteiger partial charge in [-0.25, -0.2) is 0 Å². The van der Waals surface area contributed by atoms with Crippen molar-refractivity contribution in [3.8, 4) is 11.1 Å². The lowest BCUT2D eigenvalue weighted by atomic mass is 9.65. The van der Waals surface area contributed by atoms with Crippen molar-refractivity contribution >= 4 is 40.0 Å². The average molecular weight is 833 g/mol. The smallest absolute Gasteiger partial charge is 0.0720 e. The average Bonchev–Trinajstić information content (AvgIpc) is 3.65. The van der Waals surface area contributed by atoms with E-state index in [1.165, 1.54) is 44.2 Å². The van der Waals surface area contributed by atoms with E-state index in [-0.39, 0.29) is 12.0 Å². The summed E-state index contributed by atoms with van der Waals surface area (Å²) in [6.07, 6.45) is 16.5. The van der Waals surface area contributed by atoms with Crippen LogP contribution in [0.3, 0.4) is 0 Å². The van der Waals surface area contributed by atoms with E-state index in [0.29, 0.717) is 5.92 Å². The van der Waals surface area contributed by atoms with Gasteiger partial charge in [0.15, 0.2) is 0 Å². The first-order valence-corrected chi connectivity index (χ1v) is 22.8. The lowest BCUT2D eigenvalue weighted by Gasteiger charge is -2.38. The fourth-order valence-electron chi connectivity index (χ4n) is 9.98. The molecule has 2 unspecified atom stereocenters. The van der Waals surface area contributed by atoms with Crippen molar-refractivity contribution in [1.82, 2.24) is 0 Å². The third-order valence-corrected chi connectivity index (χ3v) is 13.2. The monoisotopic (exact) mass is 832 g/mol. The summed E-state index contributed by atoms with van der Waals surface area (Å²) < 4.78 is 0. The number of rotatable bonds is 16. The molecule has 3 atom stereocenters. The standard InChI is InChI=1S/C62H60N2/c1-9-28-59(45(7)11-3)64(49(12-4)41-44(6)10-2)52-39-40-56-58(43-52)62(47-29-18-14-19-30-47,48-31-20-15-21-32-48)61-53(13-5)57(54-37-26-27-38-55(54)60(56)61)42-46(8)63(50-33-22-16-23-34-50)51-35-24-17-25-36-51/h9,11-45,59H,3-5,10H2,1-2,6-8H3/b28-9-,46-42+,49-41+/t44?,45?,59-/m0/s1. The minimum Gasteiger partial charge on any atom is -0.334 e. The zero-order valence-corrected chi connectivity index (χ0v) is 38.1. The normalized spacial score (nSPS) is 14.6. The van der Waals surface area contributed by atoms with E-state index in [1.54, 1.807) is 0 Å². The van der Waals surface area contributed by atoms with E-state index in [4.69, 9.17) is 0 Å². The number of hydrogen-bond donors (Lipinski definition) is 0. The van der Waals surface area contributed by atoms with Crippen molar-refractivity contribution in [2.45, 2.75) is 52.5 Å². The van der Waals surface area contributed by atoms with Crippen LogP contribution in [0.15, 0.2) is 225 Å². The fraction of sp³-hybridized carbons (Fsp3) is 0.161. The van der Waals surface area contributed by atoms with Gasteiger partial charge in [-0.05, 0) is 130 Å². The van der Waals surface area contributed by atoms with E-state index < -0.39 is 5.41 Å². The molecular weight excluding hydrogens is 773 g/mol. The molecule has 0 heterocycles. The predicted octanol–water partition coefficient (Wildman–Crippen LogP) is 16.7. The van der Waals surface area contributed by atoms with Crippen LogP contribution in [0.1, 0.15) is 74.4 Å². The third kappa shape index (κ3) is 7.68. The maximum atomic E-state index is 4.66. The second-order valence-corrected chi connectivity index (χ2v) is 17.0. The number of anilines is 3. The van der Waals surface area contributed by atoms with Crippen LogP contribution in [0.2, 0.25) is 0 Å². The van der Waals surface area contributed by atoms with Gasteiger partial charge in [0.05, 0.1) is 11.5 Å². The van der Waals surface area contributed by atoms with Crippen LogP contribution in [-0.2, 0) is 5.41 Å². The van der Waals surface area contributed by atoms with Crippen molar-refractivity contribution in [2.75, 3.05) is 9.80 Å². The molecule has 2 nitrogen and oxygen atoms in total. The van der Waals surface area contributed by atoms with Gasteiger partial charge in [-0.2, -0.15) is 0 Å². The zero-order chi connectivity index (χ0) is 44.8. The van der Waals surface area contributed by atoms with E-state index in [0.717, 1.165) is 46.0 Å². The van der Waals surface area contributed by atoms with Gasteiger partial charge in [-0.3, -0.25) is 0 Å². The van der Waals surface area contributed by atoms with Gasteiger partial charge in [0, 0.05) is 28.5 Å². The van der Waals surface area contributed by atoms with E-state index >= 15 is 0 Å². The lowest BCUT2D eigenvalue weighted by molar-refractivity contribution is 0.598. The Morgan fingerprint density at radius 2 is 1.20 bits per heavy atom. The van der Waals surface area contributed by atoms with Crippen molar-refractivity contribution in [1.29, 1.82) is 0 Å². The number of nitrogens with zero attached hydrogens (tertiary/aromatic N) is 2. The molecule has 0 saturated heterocycles. The van der Waals surface area contributed by atoms with Gasteiger partial charge < -0.3 is 9.80 Å². The lowest BCUT2D eigenvalue weighted by Crippen LogP contribution is -2.37. The molecule has 318 valence electrons. The van der Waals surface area contributed by atoms with E-state index in [9.17, 15) is 0 Å². The Morgan fingerprint density at radius 3 is 1.72 bits per heavy atom. The van der Waals surface area contributed by atoms with E-state index in [1.807, 2.05) is 6.08 Å². The molecule has 64 heavy (non-hydrogen) atoms. The Balaban J connectivity index is 1.51. The second-order valence-electron chi connectivity index (χ2n) is 17.0. The molecule has 0 spiro atoms. The fourth-order valence-corrected chi connectivity index (χ4v) is 9.98. The number of hydrogen-bond acceptors (Lipinski definition) is 2. The third-order valence-electron chi connectivity index (χ3n) is 13.2. The molecule has 0 amide bonds. The van der Waals surface area contributed by atoms with Crippen molar-refractivity contribution < 1.29 is 0 Å². The van der Waals surface area contributed by atoms with Crippen LogP contribution >= 0.6 is 0 Å². The number of para-hydroxylation sites is 2. The van der Waals surface area contributed by atoms with Crippen molar-refractivity contribution in [3.05, 3.63) is 259 Å². The summed E-state index contributed by atoms with van der Waals surface area (Å²) >= 11 is 0. The molecule has 7 aromatic carbocycles. The summed E-state index contributed by atoms with van der Waals surface area (Å²) in [5, 5.41) is 2.40. The molecule has 0 bridgehead atoms. The summed E-state index contributed by atoms with van der Waals surface area (Å²) in [4.78, 5) is 4.84. The molecule has 0 aliphatic heterocycles. The van der Waals surface area contributed by atoms with Gasteiger partial charge >= 0.3 is 0 Å². The van der Waals surface area contributed by atoms with Gasteiger partial charge in [-0.1, -0.05) is 198 Å². The summed E-state index contributed by atoms with van der Waals surface area (Å²) in [7, 11) is 0. The summed E-state index contributed by atoms with van der Waals surface area (Å²) in [6.45, 7) is 24.5. The number of allylic oxidation sites excluding steroid dienone is 4. The molecule has 1 aliphatic carbocycles. The summed E-state index contributed by atoms with van der Waals surface area (Å²) in [5.74, 6) is 0.513. The summed E-state index contributed by atoms with van der Waals surface area (Å²) in [5.41, 5.74) is 14.4. The van der Waals surface area contributed by atoms with Crippen molar-refractivity contribution in [3.63, 3.8) is 0 Å². The molecular formula is C62H60N2. The molecule has 0 aromatic heterocycles. The van der Waals surface area contributed by atoms with Gasteiger partial charge in [0.2, 0.25) is 0 Å². The zero-order valence-electron chi connectivity index (χ0n) is 38.1. The van der Waals surface area contributed by atoms with Crippen molar-refractivity contribution in [2.24, 2.45) is 11.8 Å². The Kier molecular flexibility index (Phi) is 13.0. The highest BCUT2D eigenvalue weighted by Gasteiger charge is 2.49. The molecule has 1 aliphatic rings. The maximum absolute atomic E-state index is 4.66. The molecule has 0 fully saturated rings. The highest BCUT2D eigenvalue weighted by molar-refractivity contribution is 6.10. The van der Waals surface area contributed by atoms with Crippen LogP contribution in [0.5, 0.6) is 0 Å². The maximum Gasteiger partial charge on any atom is 0.0720 e. The highest BCUT2D eigenvalue weighted by atomic mass is 15.2. The number of fused-ring (bicyclic) bond motifs is 5. The minimum absolute atomic E-state index is 0.00180.